The largest absolute Gasteiger partial charge is 0.330 e. The molecule has 1 heterocycles. The van der Waals surface area contributed by atoms with Gasteiger partial charge < -0.3 is 5.73 Å². The molecule has 0 saturated carbocycles. The zero-order valence-electron chi connectivity index (χ0n) is 11.1. The van der Waals surface area contributed by atoms with E-state index in [0.717, 1.165) is 22.3 Å². The van der Waals surface area contributed by atoms with Gasteiger partial charge in [0.2, 0.25) is 0 Å². The van der Waals surface area contributed by atoms with Crippen LogP contribution in [0.5, 0.6) is 0 Å². The van der Waals surface area contributed by atoms with Crippen LogP contribution in [-0.4, -0.2) is 16.3 Å². The lowest BCUT2D eigenvalue weighted by molar-refractivity contribution is 0.707. The van der Waals surface area contributed by atoms with Crippen LogP contribution < -0.4 is 5.73 Å². The SMILES string of the molecule is Cn1nc(-c2ccc3c(c2)CCC3)c(Br)c1CCN. The highest BCUT2D eigenvalue weighted by Gasteiger charge is 2.17. The Labute approximate surface area is 121 Å². The number of nitrogens with two attached hydrogens (primary N) is 1. The fourth-order valence-electron chi connectivity index (χ4n) is 2.84. The molecule has 19 heavy (non-hydrogen) atoms. The van der Waals surface area contributed by atoms with Crippen molar-refractivity contribution in [3.05, 3.63) is 39.5 Å². The van der Waals surface area contributed by atoms with E-state index in [4.69, 9.17) is 5.73 Å². The predicted octanol–water partition coefficient (Wildman–Crippen LogP) is 2.84. The van der Waals surface area contributed by atoms with E-state index in [1.165, 1.54) is 36.0 Å². The zero-order valence-corrected chi connectivity index (χ0v) is 12.7. The van der Waals surface area contributed by atoms with Crippen LogP contribution in [-0.2, 0) is 26.3 Å². The number of fused-ring (bicyclic) bond motifs is 1. The first-order valence-corrected chi connectivity index (χ1v) is 7.53. The van der Waals surface area contributed by atoms with Gasteiger partial charge in [-0.05, 0) is 58.9 Å². The lowest BCUT2D eigenvalue weighted by Crippen LogP contribution is -2.07. The molecule has 1 aromatic carbocycles. The first-order valence-electron chi connectivity index (χ1n) is 6.74. The second-order valence-corrected chi connectivity index (χ2v) is 5.90. The summed E-state index contributed by atoms with van der Waals surface area (Å²) in [6, 6.07) is 6.73. The average Bonchev–Trinajstić information content (AvgIpc) is 2.97. The van der Waals surface area contributed by atoms with E-state index >= 15 is 0 Å². The fourth-order valence-corrected chi connectivity index (χ4v) is 3.61. The summed E-state index contributed by atoms with van der Waals surface area (Å²) in [5.74, 6) is 0. The molecular formula is C15H18BrN3. The van der Waals surface area contributed by atoms with Crippen molar-refractivity contribution in [2.45, 2.75) is 25.7 Å². The van der Waals surface area contributed by atoms with Crippen molar-refractivity contribution >= 4 is 15.9 Å². The van der Waals surface area contributed by atoms with Crippen molar-refractivity contribution in [2.24, 2.45) is 12.8 Å². The lowest BCUT2D eigenvalue weighted by Gasteiger charge is -2.03. The standard InChI is InChI=1S/C15H18BrN3/c1-19-13(7-8-17)14(16)15(18-19)12-6-5-10-3-2-4-11(10)9-12/h5-6,9H,2-4,7-8,17H2,1H3. The number of benzene rings is 1. The number of aromatic nitrogens is 2. The summed E-state index contributed by atoms with van der Waals surface area (Å²) >= 11 is 3.68. The first-order chi connectivity index (χ1) is 9.20. The molecule has 0 radical (unpaired) electrons. The number of aryl methyl sites for hydroxylation is 3. The summed E-state index contributed by atoms with van der Waals surface area (Å²) in [6.07, 6.45) is 4.54. The van der Waals surface area contributed by atoms with E-state index < -0.39 is 0 Å². The molecule has 1 aromatic heterocycles. The molecule has 3 nitrogen and oxygen atoms in total. The Kier molecular flexibility index (Phi) is 3.46. The molecular weight excluding hydrogens is 302 g/mol. The lowest BCUT2D eigenvalue weighted by atomic mass is 10.0. The van der Waals surface area contributed by atoms with Gasteiger partial charge in [0.25, 0.3) is 0 Å². The van der Waals surface area contributed by atoms with E-state index in [2.05, 4.69) is 39.2 Å². The van der Waals surface area contributed by atoms with Crippen LogP contribution in [0.3, 0.4) is 0 Å². The Balaban J connectivity index is 2.05. The molecule has 0 saturated heterocycles. The molecule has 0 amide bonds. The van der Waals surface area contributed by atoms with Crippen molar-refractivity contribution in [1.82, 2.24) is 9.78 Å². The van der Waals surface area contributed by atoms with Gasteiger partial charge in [0, 0.05) is 19.0 Å². The summed E-state index contributed by atoms with van der Waals surface area (Å²) in [7, 11) is 1.98. The minimum Gasteiger partial charge on any atom is -0.330 e. The Bertz CT molecular complexity index is 616. The zero-order chi connectivity index (χ0) is 13.4. The van der Waals surface area contributed by atoms with Crippen molar-refractivity contribution in [3.8, 4) is 11.3 Å². The van der Waals surface area contributed by atoms with Gasteiger partial charge in [-0.15, -0.1) is 0 Å². The van der Waals surface area contributed by atoms with E-state index in [0.29, 0.717) is 6.54 Å². The second-order valence-electron chi connectivity index (χ2n) is 5.11. The smallest absolute Gasteiger partial charge is 0.107 e. The first kappa shape index (κ1) is 12.9. The van der Waals surface area contributed by atoms with E-state index in [-0.39, 0.29) is 0 Å². The van der Waals surface area contributed by atoms with Gasteiger partial charge >= 0.3 is 0 Å². The van der Waals surface area contributed by atoms with E-state index in [9.17, 15) is 0 Å². The summed E-state index contributed by atoms with van der Waals surface area (Å²) < 4.78 is 3.01. The molecule has 1 aliphatic carbocycles. The van der Waals surface area contributed by atoms with Crippen LogP contribution >= 0.6 is 15.9 Å². The molecule has 4 heteroatoms. The molecule has 100 valence electrons. The van der Waals surface area contributed by atoms with Crippen LogP contribution in [0, 0.1) is 0 Å². The molecule has 2 N–H and O–H groups in total. The number of hydrogen-bond acceptors (Lipinski definition) is 2. The highest BCUT2D eigenvalue weighted by Crippen LogP contribution is 2.33. The van der Waals surface area contributed by atoms with Crippen LogP contribution in [0.1, 0.15) is 23.2 Å². The molecule has 3 rings (SSSR count). The number of halogens is 1. The van der Waals surface area contributed by atoms with Gasteiger partial charge in [-0.25, -0.2) is 0 Å². The summed E-state index contributed by atoms with van der Waals surface area (Å²) in [4.78, 5) is 0. The van der Waals surface area contributed by atoms with Crippen molar-refractivity contribution in [3.63, 3.8) is 0 Å². The summed E-state index contributed by atoms with van der Waals surface area (Å²) in [5.41, 5.74) is 12.0. The average molecular weight is 320 g/mol. The maximum Gasteiger partial charge on any atom is 0.107 e. The quantitative estimate of drug-likeness (QED) is 0.945. The number of rotatable bonds is 3. The molecule has 0 spiro atoms. The Morgan fingerprint density at radius 3 is 2.89 bits per heavy atom. The van der Waals surface area contributed by atoms with Crippen LogP contribution in [0.4, 0.5) is 0 Å². The van der Waals surface area contributed by atoms with Gasteiger partial charge in [0.1, 0.15) is 5.69 Å². The highest BCUT2D eigenvalue weighted by atomic mass is 79.9. The topological polar surface area (TPSA) is 43.8 Å². The van der Waals surface area contributed by atoms with Gasteiger partial charge in [-0.2, -0.15) is 5.10 Å². The van der Waals surface area contributed by atoms with Gasteiger partial charge in [0.05, 0.1) is 10.2 Å². The monoisotopic (exact) mass is 319 g/mol. The summed E-state index contributed by atoms with van der Waals surface area (Å²) in [6.45, 7) is 0.641. The molecule has 0 fully saturated rings. The predicted molar refractivity (Wildman–Crippen MR) is 81.1 cm³/mol. The van der Waals surface area contributed by atoms with E-state index in [1.54, 1.807) is 0 Å². The Hall–Kier alpha value is -1.13. The highest BCUT2D eigenvalue weighted by molar-refractivity contribution is 9.10. The van der Waals surface area contributed by atoms with Gasteiger partial charge in [0.15, 0.2) is 0 Å². The second kappa shape index (κ2) is 5.10. The molecule has 0 atom stereocenters. The molecule has 1 aliphatic rings. The third kappa shape index (κ3) is 2.23. The van der Waals surface area contributed by atoms with Gasteiger partial charge in [-0.3, -0.25) is 4.68 Å². The Morgan fingerprint density at radius 2 is 2.11 bits per heavy atom. The van der Waals surface area contributed by atoms with Crippen LogP contribution in [0.15, 0.2) is 22.7 Å². The van der Waals surface area contributed by atoms with Gasteiger partial charge in [-0.1, -0.05) is 12.1 Å². The Morgan fingerprint density at radius 1 is 1.32 bits per heavy atom. The molecule has 0 aliphatic heterocycles. The maximum absolute atomic E-state index is 5.66. The van der Waals surface area contributed by atoms with Crippen molar-refractivity contribution in [2.75, 3.05) is 6.54 Å². The number of nitrogens with zero attached hydrogens (tertiary/aromatic N) is 2. The minimum absolute atomic E-state index is 0.641. The molecule has 2 aromatic rings. The third-order valence-electron chi connectivity index (χ3n) is 3.85. The maximum atomic E-state index is 5.66. The van der Waals surface area contributed by atoms with E-state index in [1.807, 2.05) is 11.7 Å². The molecule has 0 unspecified atom stereocenters. The van der Waals surface area contributed by atoms with Crippen LogP contribution in [0.2, 0.25) is 0 Å². The molecule has 0 bridgehead atoms. The number of hydrogen-bond donors (Lipinski definition) is 1. The fraction of sp³-hybridized carbons (Fsp3) is 0.400. The minimum atomic E-state index is 0.641. The third-order valence-corrected chi connectivity index (χ3v) is 4.69. The summed E-state index contributed by atoms with van der Waals surface area (Å²) in [5, 5.41) is 4.64. The van der Waals surface area contributed by atoms with Crippen LogP contribution in [0.25, 0.3) is 11.3 Å². The van der Waals surface area contributed by atoms with Crippen molar-refractivity contribution in [1.29, 1.82) is 0 Å². The van der Waals surface area contributed by atoms with Crippen molar-refractivity contribution < 1.29 is 0 Å². The normalized spacial score (nSPS) is 13.8.